The van der Waals surface area contributed by atoms with Crippen molar-refractivity contribution in [3.8, 4) is 5.88 Å². The summed E-state index contributed by atoms with van der Waals surface area (Å²) in [5, 5.41) is 0. The van der Waals surface area contributed by atoms with Crippen molar-refractivity contribution in [1.82, 2.24) is 19.5 Å². The Bertz CT molecular complexity index is 576. The van der Waals surface area contributed by atoms with Gasteiger partial charge in [-0.15, -0.1) is 11.6 Å². The number of methoxy groups -OCH3 is 2. The highest BCUT2D eigenvalue weighted by Crippen LogP contribution is 2.22. The van der Waals surface area contributed by atoms with Crippen LogP contribution in [0.1, 0.15) is 5.82 Å². The van der Waals surface area contributed by atoms with Crippen molar-refractivity contribution in [3.05, 3.63) is 12.2 Å². The Morgan fingerprint density at radius 2 is 2.05 bits per heavy atom. The molecule has 0 atom stereocenters. The summed E-state index contributed by atoms with van der Waals surface area (Å²) in [6.07, 6.45) is 2.12. The molecule has 2 heterocycles. The van der Waals surface area contributed by atoms with Crippen LogP contribution in [-0.4, -0.2) is 59.4 Å². The number of hydrogen-bond acceptors (Lipinski definition) is 6. The Morgan fingerprint density at radius 3 is 2.76 bits per heavy atom. The van der Waals surface area contributed by atoms with Crippen LogP contribution in [0.3, 0.4) is 0 Å². The number of imidazole rings is 1. The lowest BCUT2D eigenvalue weighted by molar-refractivity contribution is 0.0667. The zero-order valence-electron chi connectivity index (χ0n) is 12.2. The highest BCUT2D eigenvalue weighted by atomic mass is 35.5. The minimum Gasteiger partial charge on any atom is -0.479 e. The lowest BCUT2D eigenvalue weighted by Gasteiger charge is -2.08. The van der Waals surface area contributed by atoms with Gasteiger partial charge >= 0.3 is 0 Å². The molecule has 2 aromatic heterocycles. The Hall–Kier alpha value is -1.44. The number of ether oxygens (including phenoxy) is 3. The molecule has 0 aliphatic carbocycles. The number of rotatable bonds is 9. The van der Waals surface area contributed by atoms with Gasteiger partial charge in [0.25, 0.3) is 0 Å². The number of aryl methyl sites for hydroxylation is 1. The van der Waals surface area contributed by atoms with E-state index in [1.54, 1.807) is 14.2 Å². The van der Waals surface area contributed by atoms with E-state index in [-0.39, 0.29) is 0 Å². The SMILES string of the molecule is COCCOCCn1c(CCCl)nc2c(OC)ncnc21. The molecule has 0 saturated heterocycles. The molecular weight excluding hydrogens is 296 g/mol. The van der Waals surface area contributed by atoms with Crippen molar-refractivity contribution in [2.24, 2.45) is 0 Å². The second-order valence-electron chi connectivity index (χ2n) is 4.28. The van der Waals surface area contributed by atoms with Gasteiger partial charge in [0.2, 0.25) is 5.88 Å². The molecule has 0 aromatic carbocycles. The molecule has 0 N–H and O–H groups in total. The van der Waals surface area contributed by atoms with Gasteiger partial charge in [-0.2, -0.15) is 4.98 Å². The van der Waals surface area contributed by atoms with E-state index in [0.717, 1.165) is 11.5 Å². The van der Waals surface area contributed by atoms with Crippen LogP contribution in [0.15, 0.2) is 6.33 Å². The number of alkyl halides is 1. The fourth-order valence-electron chi connectivity index (χ4n) is 2.02. The first-order valence-corrected chi connectivity index (χ1v) is 7.22. The van der Waals surface area contributed by atoms with Crippen molar-refractivity contribution in [2.75, 3.05) is 39.9 Å². The monoisotopic (exact) mass is 314 g/mol. The van der Waals surface area contributed by atoms with Crippen LogP contribution in [0, 0.1) is 0 Å². The summed E-state index contributed by atoms with van der Waals surface area (Å²) in [6.45, 7) is 2.34. The molecule has 2 rings (SSSR count). The Balaban J connectivity index is 2.20. The third-order valence-electron chi connectivity index (χ3n) is 2.98. The summed E-state index contributed by atoms with van der Waals surface area (Å²) < 4.78 is 17.7. The first kappa shape index (κ1) is 15.9. The molecule has 21 heavy (non-hydrogen) atoms. The van der Waals surface area contributed by atoms with E-state index in [1.165, 1.54) is 6.33 Å². The van der Waals surface area contributed by atoms with Gasteiger partial charge in [0.15, 0.2) is 11.2 Å². The first-order chi connectivity index (χ1) is 10.3. The molecule has 0 aliphatic rings. The van der Waals surface area contributed by atoms with Gasteiger partial charge in [-0.05, 0) is 0 Å². The predicted molar refractivity (Wildman–Crippen MR) is 79.0 cm³/mol. The van der Waals surface area contributed by atoms with Crippen LogP contribution in [0.2, 0.25) is 0 Å². The maximum Gasteiger partial charge on any atom is 0.245 e. The van der Waals surface area contributed by atoms with E-state index in [0.29, 0.717) is 50.1 Å². The first-order valence-electron chi connectivity index (χ1n) is 6.68. The number of aromatic nitrogens is 4. The van der Waals surface area contributed by atoms with Crippen molar-refractivity contribution in [2.45, 2.75) is 13.0 Å². The quantitative estimate of drug-likeness (QED) is 0.513. The molecule has 0 fully saturated rings. The average molecular weight is 315 g/mol. The Morgan fingerprint density at radius 1 is 1.19 bits per heavy atom. The summed E-state index contributed by atoms with van der Waals surface area (Å²) >= 11 is 5.84. The number of halogens is 1. The zero-order valence-corrected chi connectivity index (χ0v) is 13.0. The normalized spacial score (nSPS) is 11.2. The van der Waals surface area contributed by atoms with E-state index in [2.05, 4.69) is 15.0 Å². The molecule has 0 aliphatic heterocycles. The molecule has 2 aromatic rings. The second-order valence-corrected chi connectivity index (χ2v) is 4.66. The van der Waals surface area contributed by atoms with Crippen molar-refractivity contribution < 1.29 is 14.2 Å². The second kappa shape index (κ2) is 8.11. The van der Waals surface area contributed by atoms with Crippen LogP contribution < -0.4 is 4.74 Å². The maximum absolute atomic E-state index is 5.84. The van der Waals surface area contributed by atoms with Crippen molar-refractivity contribution in [1.29, 1.82) is 0 Å². The van der Waals surface area contributed by atoms with Gasteiger partial charge in [-0.1, -0.05) is 0 Å². The van der Waals surface area contributed by atoms with E-state index >= 15 is 0 Å². The van der Waals surface area contributed by atoms with Crippen LogP contribution in [0.5, 0.6) is 5.88 Å². The third-order valence-corrected chi connectivity index (χ3v) is 3.17. The van der Waals surface area contributed by atoms with Crippen molar-refractivity contribution >= 4 is 22.8 Å². The van der Waals surface area contributed by atoms with Crippen molar-refractivity contribution in [3.63, 3.8) is 0 Å². The van der Waals surface area contributed by atoms with E-state index in [1.807, 2.05) is 4.57 Å². The minimum atomic E-state index is 0.467. The van der Waals surface area contributed by atoms with Gasteiger partial charge in [0.1, 0.15) is 12.2 Å². The summed E-state index contributed by atoms with van der Waals surface area (Å²) in [6, 6.07) is 0. The van der Waals surface area contributed by atoms with Gasteiger partial charge < -0.3 is 18.8 Å². The highest BCUT2D eigenvalue weighted by molar-refractivity contribution is 6.17. The average Bonchev–Trinajstić information content (AvgIpc) is 2.85. The molecule has 0 unspecified atom stereocenters. The van der Waals surface area contributed by atoms with Gasteiger partial charge in [0, 0.05) is 26.0 Å². The van der Waals surface area contributed by atoms with Crippen LogP contribution in [0.25, 0.3) is 11.2 Å². The Kier molecular flexibility index (Phi) is 6.16. The third kappa shape index (κ3) is 3.81. The molecule has 0 saturated carbocycles. The fourth-order valence-corrected chi connectivity index (χ4v) is 2.19. The number of fused-ring (bicyclic) bond motifs is 1. The lowest BCUT2D eigenvalue weighted by Crippen LogP contribution is -2.12. The topological polar surface area (TPSA) is 71.3 Å². The number of hydrogen-bond donors (Lipinski definition) is 0. The molecule has 0 amide bonds. The summed E-state index contributed by atoms with van der Waals surface area (Å²) in [5.41, 5.74) is 1.38. The van der Waals surface area contributed by atoms with Gasteiger partial charge in [-0.25, -0.2) is 9.97 Å². The van der Waals surface area contributed by atoms with Crippen LogP contribution >= 0.6 is 11.6 Å². The summed E-state index contributed by atoms with van der Waals surface area (Å²) in [7, 11) is 3.21. The largest absolute Gasteiger partial charge is 0.479 e. The van der Waals surface area contributed by atoms with E-state index in [9.17, 15) is 0 Å². The molecular formula is C13H19ClN4O3. The molecule has 0 spiro atoms. The summed E-state index contributed by atoms with van der Waals surface area (Å²) in [4.78, 5) is 12.9. The predicted octanol–water partition coefficient (Wildman–Crippen LogP) is 1.28. The van der Waals surface area contributed by atoms with Gasteiger partial charge in [-0.3, -0.25) is 0 Å². The highest BCUT2D eigenvalue weighted by Gasteiger charge is 2.15. The van der Waals surface area contributed by atoms with Crippen LogP contribution in [0.4, 0.5) is 0 Å². The standard InChI is InChI=1S/C13H19ClN4O3/c1-19-7-8-21-6-5-18-10(3-4-14)17-11-12(18)15-9-16-13(11)20-2/h9H,3-8H2,1-2H3. The zero-order chi connectivity index (χ0) is 15.1. The van der Waals surface area contributed by atoms with E-state index < -0.39 is 0 Å². The lowest BCUT2D eigenvalue weighted by atomic mass is 10.4. The fraction of sp³-hybridized carbons (Fsp3) is 0.615. The molecule has 8 heteroatoms. The Labute approximate surface area is 128 Å². The molecule has 7 nitrogen and oxygen atoms in total. The van der Waals surface area contributed by atoms with Crippen LogP contribution in [-0.2, 0) is 22.4 Å². The van der Waals surface area contributed by atoms with Gasteiger partial charge in [0.05, 0.1) is 26.9 Å². The molecule has 116 valence electrons. The molecule has 0 bridgehead atoms. The summed E-state index contributed by atoms with van der Waals surface area (Å²) in [5.74, 6) is 1.81. The van der Waals surface area contributed by atoms with E-state index in [4.69, 9.17) is 25.8 Å². The smallest absolute Gasteiger partial charge is 0.245 e. The number of nitrogens with zero attached hydrogens (tertiary/aromatic N) is 4. The minimum absolute atomic E-state index is 0.467. The molecule has 0 radical (unpaired) electrons. The maximum atomic E-state index is 5.84.